The number of benzene rings is 2. The highest BCUT2D eigenvalue weighted by Gasteiger charge is 2.21. The third kappa shape index (κ3) is 2.08. The average Bonchev–Trinajstić information content (AvgIpc) is 2.90. The number of amidine groups is 1. The van der Waals surface area contributed by atoms with E-state index in [1.165, 1.54) is 0 Å². The van der Waals surface area contributed by atoms with E-state index in [1.54, 1.807) is 36.5 Å². The molecule has 0 bridgehead atoms. The van der Waals surface area contributed by atoms with Crippen LogP contribution in [0.25, 0.3) is 11.3 Å². The lowest BCUT2D eigenvalue weighted by atomic mass is 10.1. The van der Waals surface area contributed by atoms with Gasteiger partial charge in [-0.1, -0.05) is 47.4 Å². The third-order valence-corrected chi connectivity index (χ3v) is 4.07. The number of para-hydroxylation sites is 1. The number of hydrogen-bond donors (Lipinski definition) is 2. The molecule has 2 aromatic carbocycles. The first-order chi connectivity index (χ1) is 11.1. The predicted octanol–water partition coefficient (Wildman–Crippen LogP) is 4.89. The van der Waals surface area contributed by atoms with Crippen LogP contribution in [0, 0.1) is 0 Å². The molecule has 4 rings (SSSR count). The lowest BCUT2D eigenvalue weighted by Gasteiger charge is -2.10. The zero-order valence-corrected chi connectivity index (χ0v) is 12.7. The monoisotopic (exact) mass is 329 g/mol. The van der Waals surface area contributed by atoms with Gasteiger partial charge in [-0.3, -0.25) is 5.10 Å². The van der Waals surface area contributed by atoms with Gasteiger partial charge in [0.2, 0.25) is 0 Å². The molecule has 3 aromatic rings. The van der Waals surface area contributed by atoms with Crippen molar-refractivity contribution < 1.29 is 1.37 Å². The Balaban J connectivity index is 2.00. The largest absolute Gasteiger partial charge is 0.337 e. The SMILES string of the molecule is [2H]c1ccc2c(c1)N=C(c1c(Cl)cccc1Cl)Nc1cn[nH]c1-2. The number of fused-ring (bicyclic) bond motifs is 3. The summed E-state index contributed by atoms with van der Waals surface area (Å²) in [5.74, 6) is 0.521. The van der Waals surface area contributed by atoms with E-state index < -0.39 is 0 Å². The van der Waals surface area contributed by atoms with E-state index in [2.05, 4.69) is 20.5 Å². The van der Waals surface area contributed by atoms with E-state index in [0.717, 1.165) is 16.9 Å². The molecule has 2 N–H and O–H groups in total. The molecule has 0 amide bonds. The Morgan fingerprint density at radius 1 is 1.05 bits per heavy atom. The molecule has 0 saturated heterocycles. The Bertz CT molecular complexity index is 929. The lowest BCUT2D eigenvalue weighted by molar-refractivity contribution is 1.09. The van der Waals surface area contributed by atoms with Crippen LogP contribution in [0.2, 0.25) is 10.0 Å². The number of aromatic amines is 1. The van der Waals surface area contributed by atoms with Crippen LogP contribution in [0.15, 0.2) is 53.6 Å². The topological polar surface area (TPSA) is 53.1 Å². The first kappa shape index (κ1) is 12.3. The minimum atomic E-state index is 0.375. The zero-order chi connectivity index (χ0) is 16.0. The second kappa shape index (κ2) is 5.16. The molecule has 4 nitrogen and oxygen atoms in total. The van der Waals surface area contributed by atoms with Gasteiger partial charge in [-0.25, -0.2) is 4.99 Å². The van der Waals surface area contributed by atoms with E-state index in [4.69, 9.17) is 24.6 Å². The van der Waals surface area contributed by atoms with Crippen LogP contribution in [0.1, 0.15) is 6.93 Å². The number of nitrogens with one attached hydrogen (secondary N) is 2. The van der Waals surface area contributed by atoms with Crippen LogP contribution < -0.4 is 5.32 Å². The van der Waals surface area contributed by atoms with Gasteiger partial charge in [0, 0.05) is 5.56 Å². The van der Waals surface area contributed by atoms with Crippen molar-refractivity contribution in [1.82, 2.24) is 10.2 Å². The molecule has 0 aliphatic carbocycles. The lowest BCUT2D eigenvalue weighted by Crippen LogP contribution is -2.13. The summed E-state index contributed by atoms with van der Waals surface area (Å²) in [5, 5.41) is 11.3. The average molecular weight is 330 g/mol. The van der Waals surface area contributed by atoms with Gasteiger partial charge in [0.25, 0.3) is 0 Å². The molecule has 0 unspecified atom stereocenters. The van der Waals surface area contributed by atoms with Crippen molar-refractivity contribution in [3.63, 3.8) is 0 Å². The summed E-state index contributed by atoms with van der Waals surface area (Å²) in [6.07, 6.45) is 1.68. The van der Waals surface area contributed by atoms with E-state index in [-0.39, 0.29) is 0 Å². The molecule has 0 spiro atoms. The first-order valence-electron chi connectivity index (χ1n) is 7.08. The molecule has 1 aromatic heterocycles. The van der Waals surface area contributed by atoms with E-state index >= 15 is 0 Å². The minimum absolute atomic E-state index is 0.375. The Hall–Kier alpha value is -2.30. The van der Waals surface area contributed by atoms with Crippen molar-refractivity contribution in [1.29, 1.82) is 0 Å². The normalized spacial score (nSPS) is 13.4. The maximum Gasteiger partial charge on any atom is 0.141 e. The van der Waals surface area contributed by atoms with Crippen molar-refractivity contribution >= 4 is 40.4 Å². The van der Waals surface area contributed by atoms with Crippen LogP contribution in [0.5, 0.6) is 0 Å². The molecule has 1 aliphatic rings. The predicted molar refractivity (Wildman–Crippen MR) is 90.3 cm³/mol. The third-order valence-electron chi connectivity index (χ3n) is 3.44. The van der Waals surface area contributed by atoms with E-state index in [1.807, 2.05) is 6.07 Å². The molecule has 6 heteroatoms. The van der Waals surface area contributed by atoms with Crippen LogP contribution in [0.3, 0.4) is 0 Å². The molecule has 108 valence electrons. The summed E-state index contributed by atoms with van der Waals surface area (Å²) in [6.45, 7) is 0. The fourth-order valence-corrected chi connectivity index (χ4v) is 3.01. The summed E-state index contributed by atoms with van der Waals surface area (Å²) in [4.78, 5) is 4.65. The molecule has 2 heterocycles. The summed E-state index contributed by atoms with van der Waals surface area (Å²) in [7, 11) is 0. The number of nitrogens with zero attached hydrogens (tertiary/aromatic N) is 2. The van der Waals surface area contributed by atoms with Crippen molar-refractivity contribution in [3.05, 3.63) is 64.2 Å². The molecule has 0 saturated carbocycles. The highest BCUT2D eigenvalue weighted by Crippen LogP contribution is 2.38. The van der Waals surface area contributed by atoms with Crippen molar-refractivity contribution in [2.24, 2.45) is 4.99 Å². The second-order valence-corrected chi connectivity index (χ2v) is 5.60. The van der Waals surface area contributed by atoms with Gasteiger partial charge in [0.05, 0.1) is 40.2 Å². The van der Waals surface area contributed by atoms with E-state index in [0.29, 0.717) is 33.2 Å². The fourth-order valence-electron chi connectivity index (χ4n) is 2.43. The molecule has 1 aliphatic heterocycles. The van der Waals surface area contributed by atoms with Crippen molar-refractivity contribution in [2.75, 3.05) is 5.32 Å². The fraction of sp³-hybridized carbons (Fsp3) is 0. The Morgan fingerprint density at radius 2 is 1.86 bits per heavy atom. The van der Waals surface area contributed by atoms with Crippen molar-refractivity contribution in [3.8, 4) is 11.3 Å². The maximum absolute atomic E-state index is 7.84. The van der Waals surface area contributed by atoms with Crippen molar-refractivity contribution in [2.45, 2.75) is 0 Å². The molecular formula is C16H10Cl2N4. The van der Waals surface area contributed by atoms with Gasteiger partial charge in [0.15, 0.2) is 0 Å². The summed E-state index contributed by atoms with van der Waals surface area (Å²) in [6, 6.07) is 10.9. The van der Waals surface area contributed by atoms with Gasteiger partial charge >= 0.3 is 0 Å². The van der Waals surface area contributed by atoms with Crippen LogP contribution >= 0.6 is 23.2 Å². The van der Waals surface area contributed by atoms with Gasteiger partial charge in [-0.2, -0.15) is 5.10 Å². The van der Waals surface area contributed by atoms with Crippen LogP contribution in [0.4, 0.5) is 11.4 Å². The quantitative estimate of drug-likeness (QED) is 0.668. The molecular weight excluding hydrogens is 319 g/mol. The molecule has 0 atom stereocenters. The summed E-state index contributed by atoms with van der Waals surface area (Å²) in [5.41, 5.74) is 3.71. The number of aliphatic imine (C=N–C) groups is 1. The van der Waals surface area contributed by atoms with Gasteiger partial charge in [0.1, 0.15) is 5.84 Å². The molecule has 0 fully saturated rings. The second-order valence-electron chi connectivity index (χ2n) is 4.78. The smallest absolute Gasteiger partial charge is 0.141 e. The molecule has 22 heavy (non-hydrogen) atoms. The summed E-state index contributed by atoms with van der Waals surface area (Å²) >= 11 is 12.6. The minimum Gasteiger partial charge on any atom is -0.337 e. The zero-order valence-electron chi connectivity index (χ0n) is 12.2. The van der Waals surface area contributed by atoms with E-state index in [9.17, 15) is 0 Å². The van der Waals surface area contributed by atoms with Gasteiger partial charge in [-0.15, -0.1) is 0 Å². The number of rotatable bonds is 1. The number of H-pyrrole nitrogens is 1. The maximum atomic E-state index is 7.84. The van der Waals surface area contributed by atoms with Crippen LogP contribution in [-0.4, -0.2) is 16.0 Å². The number of anilines is 1. The van der Waals surface area contributed by atoms with Crippen LogP contribution in [-0.2, 0) is 0 Å². The Kier molecular flexibility index (Phi) is 2.88. The number of hydrogen-bond acceptors (Lipinski definition) is 3. The Morgan fingerprint density at radius 3 is 2.68 bits per heavy atom. The number of halogens is 2. The Labute approximate surface area is 138 Å². The highest BCUT2D eigenvalue weighted by atomic mass is 35.5. The first-order valence-corrected chi connectivity index (χ1v) is 7.33. The van der Waals surface area contributed by atoms with Gasteiger partial charge < -0.3 is 5.32 Å². The highest BCUT2D eigenvalue weighted by molar-refractivity contribution is 6.41. The van der Waals surface area contributed by atoms with Gasteiger partial charge in [-0.05, 0) is 18.2 Å². The molecule has 0 radical (unpaired) electrons. The summed E-state index contributed by atoms with van der Waals surface area (Å²) < 4.78 is 7.84. The standard InChI is InChI=1S/C16H10Cl2N4/c17-10-5-3-6-11(18)14(10)16-20-12-7-2-1-4-9(12)15-13(21-16)8-19-22-15/h1-8H,(H,19,22)(H,20,21)/i2D. The number of aromatic nitrogens is 2.